The molecule has 0 heterocycles. The lowest BCUT2D eigenvalue weighted by atomic mass is 10.0. The van der Waals surface area contributed by atoms with Crippen molar-refractivity contribution in [3.05, 3.63) is 64.7 Å². The Balaban J connectivity index is 1.90. The molecule has 0 radical (unpaired) electrons. The van der Waals surface area contributed by atoms with Crippen LogP contribution in [0.5, 0.6) is 5.75 Å². The smallest absolute Gasteiger partial charge is 0.258 e. The monoisotopic (exact) mass is 345 g/mol. The molecule has 0 spiro atoms. The molecule has 24 heavy (non-hydrogen) atoms. The van der Waals surface area contributed by atoms with Gasteiger partial charge in [0, 0.05) is 5.02 Å². The third kappa shape index (κ3) is 5.39. The van der Waals surface area contributed by atoms with Crippen LogP contribution in [0.15, 0.2) is 48.5 Å². The normalized spacial score (nSPS) is 11.6. The molecule has 0 aliphatic heterocycles. The standard InChI is InChI=1S/C19H20ClNO3/c1-13-10-16(8-9-17(13)20)24-12-19(23)21-18(14(2)22)11-15-6-4-3-5-7-15/h3-10,18H,11-12H2,1-2H3,(H,21,23)/t18-/m0/s1. The van der Waals surface area contributed by atoms with E-state index < -0.39 is 6.04 Å². The molecular weight excluding hydrogens is 326 g/mol. The van der Waals surface area contributed by atoms with Crippen LogP contribution >= 0.6 is 11.6 Å². The van der Waals surface area contributed by atoms with Gasteiger partial charge in [0.05, 0.1) is 6.04 Å². The highest BCUT2D eigenvalue weighted by Gasteiger charge is 2.17. The average molecular weight is 346 g/mol. The van der Waals surface area contributed by atoms with Crippen molar-refractivity contribution in [1.29, 1.82) is 0 Å². The van der Waals surface area contributed by atoms with Gasteiger partial charge in [-0.3, -0.25) is 9.59 Å². The van der Waals surface area contributed by atoms with Gasteiger partial charge in [-0.05, 0) is 49.6 Å². The number of hydrogen-bond acceptors (Lipinski definition) is 3. The molecular formula is C19H20ClNO3. The van der Waals surface area contributed by atoms with E-state index in [2.05, 4.69) is 5.32 Å². The van der Waals surface area contributed by atoms with Gasteiger partial charge in [-0.1, -0.05) is 41.9 Å². The Morgan fingerprint density at radius 2 is 1.88 bits per heavy atom. The number of aryl methyl sites for hydroxylation is 1. The van der Waals surface area contributed by atoms with Crippen LogP contribution in [0.4, 0.5) is 0 Å². The highest BCUT2D eigenvalue weighted by molar-refractivity contribution is 6.31. The third-order valence-corrected chi connectivity index (χ3v) is 4.03. The molecule has 4 nitrogen and oxygen atoms in total. The van der Waals surface area contributed by atoms with Gasteiger partial charge in [-0.15, -0.1) is 0 Å². The first kappa shape index (κ1) is 18.0. The van der Waals surface area contributed by atoms with Gasteiger partial charge < -0.3 is 10.1 Å². The Bertz CT molecular complexity index is 716. The second-order valence-corrected chi connectivity index (χ2v) is 6.03. The van der Waals surface area contributed by atoms with E-state index >= 15 is 0 Å². The molecule has 2 aromatic carbocycles. The fourth-order valence-corrected chi connectivity index (χ4v) is 2.36. The van der Waals surface area contributed by atoms with Crippen LogP contribution in [0.2, 0.25) is 5.02 Å². The number of halogens is 1. The number of rotatable bonds is 7. The lowest BCUT2D eigenvalue weighted by molar-refractivity contribution is -0.128. The number of carbonyl (C=O) groups is 2. The molecule has 0 aliphatic carbocycles. The number of ether oxygens (including phenoxy) is 1. The van der Waals surface area contributed by atoms with Gasteiger partial charge in [0.1, 0.15) is 5.75 Å². The number of ketones is 1. The zero-order chi connectivity index (χ0) is 17.5. The second kappa shape index (κ2) is 8.50. The minimum absolute atomic E-state index is 0.0884. The molecule has 1 atom stereocenters. The molecule has 0 saturated heterocycles. The van der Waals surface area contributed by atoms with E-state index in [1.165, 1.54) is 6.92 Å². The highest BCUT2D eigenvalue weighted by atomic mass is 35.5. The number of benzene rings is 2. The molecule has 0 saturated carbocycles. The maximum atomic E-state index is 12.1. The van der Waals surface area contributed by atoms with Crippen molar-refractivity contribution < 1.29 is 14.3 Å². The van der Waals surface area contributed by atoms with Crippen LogP contribution in [-0.2, 0) is 16.0 Å². The average Bonchev–Trinajstić information content (AvgIpc) is 2.56. The van der Waals surface area contributed by atoms with Crippen molar-refractivity contribution in [1.82, 2.24) is 5.32 Å². The van der Waals surface area contributed by atoms with E-state index in [4.69, 9.17) is 16.3 Å². The Hall–Kier alpha value is -2.33. The highest BCUT2D eigenvalue weighted by Crippen LogP contribution is 2.20. The lowest BCUT2D eigenvalue weighted by Gasteiger charge is -2.16. The van der Waals surface area contributed by atoms with Gasteiger partial charge in [0.15, 0.2) is 12.4 Å². The summed E-state index contributed by atoms with van der Waals surface area (Å²) in [6, 6.07) is 14.2. The first-order chi connectivity index (χ1) is 11.5. The quantitative estimate of drug-likeness (QED) is 0.837. The summed E-state index contributed by atoms with van der Waals surface area (Å²) >= 11 is 5.95. The molecule has 0 fully saturated rings. The summed E-state index contributed by atoms with van der Waals surface area (Å²) in [7, 11) is 0. The molecule has 5 heteroatoms. The van der Waals surface area contributed by atoms with E-state index in [1.807, 2.05) is 37.3 Å². The largest absolute Gasteiger partial charge is 0.484 e. The van der Waals surface area contributed by atoms with Crippen LogP contribution in [0.3, 0.4) is 0 Å². The summed E-state index contributed by atoms with van der Waals surface area (Å²) < 4.78 is 5.45. The molecule has 0 aromatic heterocycles. The summed E-state index contributed by atoms with van der Waals surface area (Å²) in [6.45, 7) is 3.18. The molecule has 0 unspecified atom stereocenters. The summed E-state index contributed by atoms with van der Waals surface area (Å²) in [5.74, 6) is 0.141. The summed E-state index contributed by atoms with van der Waals surface area (Å²) in [6.07, 6.45) is 0.460. The van der Waals surface area contributed by atoms with E-state index in [0.29, 0.717) is 17.2 Å². The van der Waals surface area contributed by atoms with Crippen LogP contribution in [0.1, 0.15) is 18.1 Å². The molecule has 126 valence electrons. The van der Waals surface area contributed by atoms with Gasteiger partial charge in [-0.2, -0.15) is 0 Å². The molecule has 1 amide bonds. The molecule has 2 aromatic rings. The lowest BCUT2D eigenvalue weighted by Crippen LogP contribution is -2.43. The topological polar surface area (TPSA) is 55.4 Å². The predicted octanol–water partition coefficient (Wildman–Crippen LogP) is 3.34. The Morgan fingerprint density at radius 1 is 1.17 bits per heavy atom. The third-order valence-electron chi connectivity index (χ3n) is 3.61. The zero-order valence-corrected chi connectivity index (χ0v) is 14.5. The van der Waals surface area contributed by atoms with Gasteiger partial charge in [0.2, 0.25) is 0 Å². The van der Waals surface area contributed by atoms with Crippen LogP contribution in [-0.4, -0.2) is 24.3 Å². The van der Waals surface area contributed by atoms with E-state index in [1.54, 1.807) is 18.2 Å². The van der Waals surface area contributed by atoms with Gasteiger partial charge in [0.25, 0.3) is 5.91 Å². The van der Waals surface area contributed by atoms with Crippen molar-refractivity contribution in [3.63, 3.8) is 0 Å². The number of Topliss-reactive ketones (excluding diaryl/α,β-unsaturated/α-hetero) is 1. The minimum Gasteiger partial charge on any atom is -0.484 e. The van der Waals surface area contributed by atoms with Gasteiger partial charge in [-0.25, -0.2) is 0 Å². The zero-order valence-electron chi connectivity index (χ0n) is 13.7. The minimum atomic E-state index is -0.560. The molecule has 2 rings (SSSR count). The SMILES string of the molecule is CC(=O)[C@H](Cc1ccccc1)NC(=O)COc1ccc(Cl)c(C)c1. The summed E-state index contributed by atoms with van der Waals surface area (Å²) in [5.41, 5.74) is 1.87. The fraction of sp³-hybridized carbons (Fsp3) is 0.263. The Kier molecular flexibility index (Phi) is 6.38. The van der Waals surface area contributed by atoms with Gasteiger partial charge >= 0.3 is 0 Å². The fourth-order valence-electron chi connectivity index (χ4n) is 2.24. The van der Waals surface area contributed by atoms with Crippen molar-refractivity contribution in [2.24, 2.45) is 0 Å². The van der Waals surface area contributed by atoms with Crippen LogP contribution in [0, 0.1) is 6.92 Å². The second-order valence-electron chi connectivity index (χ2n) is 5.62. The van der Waals surface area contributed by atoms with E-state index in [9.17, 15) is 9.59 Å². The van der Waals surface area contributed by atoms with E-state index in [0.717, 1.165) is 11.1 Å². The number of hydrogen-bond donors (Lipinski definition) is 1. The number of amides is 1. The maximum absolute atomic E-state index is 12.1. The predicted molar refractivity (Wildman–Crippen MR) is 94.4 cm³/mol. The maximum Gasteiger partial charge on any atom is 0.258 e. The summed E-state index contributed by atoms with van der Waals surface area (Å²) in [5, 5.41) is 3.37. The van der Waals surface area contributed by atoms with Crippen molar-refractivity contribution in [2.45, 2.75) is 26.3 Å². The van der Waals surface area contributed by atoms with Crippen molar-refractivity contribution in [2.75, 3.05) is 6.61 Å². The Morgan fingerprint density at radius 3 is 2.50 bits per heavy atom. The van der Waals surface area contributed by atoms with Crippen molar-refractivity contribution >= 4 is 23.3 Å². The number of carbonyl (C=O) groups excluding carboxylic acids is 2. The molecule has 0 bridgehead atoms. The Labute approximate surface area is 146 Å². The van der Waals surface area contributed by atoms with Crippen LogP contribution < -0.4 is 10.1 Å². The first-order valence-corrected chi connectivity index (χ1v) is 8.06. The number of nitrogens with one attached hydrogen (secondary N) is 1. The van der Waals surface area contributed by atoms with E-state index in [-0.39, 0.29) is 18.3 Å². The molecule has 1 N–H and O–H groups in total. The van der Waals surface area contributed by atoms with Crippen molar-refractivity contribution in [3.8, 4) is 5.75 Å². The molecule has 0 aliphatic rings. The first-order valence-electron chi connectivity index (χ1n) is 7.68. The van der Waals surface area contributed by atoms with Crippen LogP contribution in [0.25, 0.3) is 0 Å². The summed E-state index contributed by atoms with van der Waals surface area (Å²) in [4.78, 5) is 23.8.